The second-order valence-electron chi connectivity index (χ2n) is 4.65. The quantitative estimate of drug-likeness (QED) is 0.754. The van der Waals surface area contributed by atoms with Crippen LogP contribution in [0.5, 0.6) is 0 Å². The van der Waals surface area contributed by atoms with E-state index in [0.717, 1.165) is 5.69 Å². The lowest BCUT2D eigenvalue weighted by molar-refractivity contribution is 0.0935. The first-order valence-electron chi connectivity index (χ1n) is 5.28. The molecule has 0 atom stereocenters. The number of H-pyrrole nitrogens is 1. The molecule has 0 radical (unpaired) electrons. The van der Waals surface area contributed by atoms with Gasteiger partial charge < -0.3 is 10.1 Å². The van der Waals surface area contributed by atoms with Crippen LogP contribution in [0.15, 0.2) is 6.20 Å². The van der Waals surface area contributed by atoms with Crippen LogP contribution in [0.1, 0.15) is 36.8 Å². The number of methoxy groups -OCH3 is 1. The zero-order valence-electron chi connectivity index (χ0n) is 10.3. The van der Waals surface area contributed by atoms with Gasteiger partial charge in [-0.15, -0.1) is 0 Å². The topological polar surface area (TPSA) is 67.0 Å². The molecular formula is C11H19N3O2. The van der Waals surface area contributed by atoms with Crippen molar-refractivity contribution < 1.29 is 9.53 Å². The summed E-state index contributed by atoms with van der Waals surface area (Å²) in [5.74, 6) is -0.115. The molecule has 1 heterocycles. The van der Waals surface area contributed by atoms with Crippen molar-refractivity contribution in [3.63, 3.8) is 0 Å². The van der Waals surface area contributed by atoms with Crippen LogP contribution in [-0.4, -0.2) is 36.4 Å². The minimum Gasteiger partial charge on any atom is -0.383 e. The summed E-state index contributed by atoms with van der Waals surface area (Å²) in [6.45, 7) is 7.08. The van der Waals surface area contributed by atoms with E-state index in [1.165, 1.54) is 0 Å². The van der Waals surface area contributed by atoms with Crippen molar-refractivity contribution in [3.8, 4) is 0 Å². The molecule has 1 amide bonds. The summed E-state index contributed by atoms with van der Waals surface area (Å²) in [6, 6.07) is 0. The van der Waals surface area contributed by atoms with E-state index in [2.05, 4.69) is 15.5 Å². The van der Waals surface area contributed by atoms with Crippen molar-refractivity contribution in [2.45, 2.75) is 26.2 Å². The maximum atomic E-state index is 11.8. The summed E-state index contributed by atoms with van der Waals surface area (Å²) >= 11 is 0. The van der Waals surface area contributed by atoms with Crippen LogP contribution in [0, 0.1) is 0 Å². The van der Waals surface area contributed by atoms with Crippen molar-refractivity contribution in [2.75, 3.05) is 20.3 Å². The molecule has 0 bridgehead atoms. The Morgan fingerprint density at radius 1 is 1.56 bits per heavy atom. The van der Waals surface area contributed by atoms with Gasteiger partial charge in [-0.05, 0) is 0 Å². The average Bonchev–Trinajstić information content (AvgIpc) is 2.65. The van der Waals surface area contributed by atoms with Gasteiger partial charge in [0.25, 0.3) is 5.91 Å². The van der Waals surface area contributed by atoms with Gasteiger partial charge in [0.15, 0.2) is 0 Å². The summed E-state index contributed by atoms with van der Waals surface area (Å²) in [5.41, 5.74) is 1.24. The Morgan fingerprint density at radius 3 is 2.81 bits per heavy atom. The molecule has 1 aromatic rings. The third kappa shape index (κ3) is 3.06. The fourth-order valence-corrected chi connectivity index (χ4v) is 1.40. The smallest absolute Gasteiger partial charge is 0.254 e. The normalized spacial score (nSPS) is 11.5. The van der Waals surface area contributed by atoms with Crippen LogP contribution < -0.4 is 5.32 Å². The molecule has 0 saturated carbocycles. The molecule has 1 rings (SSSR count). The Labute approximate surface area is 95.6 Å². The van der Waals surface area contributed by atoms with Crippen LogP contribution in [0.3, 0.4) is 0 Å². The molecule has 2 N–H and O–H groups in total. The minimum atomic E-state index is -0.145. The van der Waals surface area contributed by atoms with Crippen LogP contribution in [0.25, 0.3) is 0 Å². The number of nitrogens with zero attached hydrogens (tertiary/aromatic N) is 1. The number of carbonyl (C=O) groups is 1. The standard InChI is InChI=1S/C11H19N3O2/c1-11(2,3)9-8(7-13-14-9)10(15)12-5-6-16-4/h7H,5-6H2,1-4H3,(H,12,15)(H,13,14). The van der Waals surface area contributed by atoms with Gasteiger partial charge in [-0.25, -0.2) is 0 Å². The predicted molar refractivity (Wildman–Crippen MR) is 61.5 cm³/mol. The van der Waals surface area contributed by atoms with Crippen LogP contribution >= 0.6 is 0 Å². The third-order valence-electron chi connectivity index (χ3n) is 2.19. The van der Waals surface area contributed by atoms with E-state index < -0.39 is 0 Å². The van der Waals surface area contributed by atoms with Gasteiger partial charge in [0.2, 0.25) is 0 Å². The molecule has 16 heavy (non-hydrogen) atoms. The summed E-state index contributed by atoms with van der Waals surface area (Å²) in [4.78, 5) is 11.8. The number of ether oxygens (including phenoxy) is 1. The second-order valence-corrected chi connectivity index (χ2v) is 4.65. The zero-order chi connectivity index (χ0) is 12.2. The molecule has 0 fully saturated rings. The van der Waals surface area contributed by atoms with Crippen molar-refractivity contribution in [2.24, 2.45) is 0 Å². The third-order valence-corrected chi connectivity index (χ3v) is 2.19. The first-order chi connectivity index (χ1) is 7.46. The zero-order valence-corrected chi connectivity index (χ0v) is 10.3. The molecule has 5 heteroatoms. The van der Waals surface area contributed by atoms with Crippen LogP contribution in [0.4, 0.5) is 0 Å². The van der Waals surface area contributed by atoms with Crippen molar-refractivity contribution >= 4 is 5.91 Å². The van der Waals surface area contributed by atoms with Crippen molar-refractivity contribution in [1.29, 1.82) is 0 Å². The van der Waals surface area contributed by atoms with E-state index in [-0.39, 0.29) is 11.3 Å². The Hall–Kier alpha value is -1.36. The molecule has 0 saturated heterocycles. The largest absolute Gasteiger partial charge is 0.383 e. The van der Waals surface area contributed by atoms with E-state index in [4.69, 9.17) is 4.74 Å². The van der Waals surface area contributed by atoms with E-state index in [0.29, 0.717) is 18.7 Å². The minimum absolute atomic E-state index is 0.115. The summed E-state index contributed by atoms with van der Waals surface area (Å²) < 4.78 is 4.87. The van der Waals surface area contributed by atoms with Crippen LogP contribution in [-0.2, 0) is 10.2 Å². The molecule has 90 valence electrons. The number of nitrogens with one attached hydrogen (secondary N) is 2. The molecule has 0 aliphatic rings. The van der Waals surface area contributed by atoms with Crippen molar-refractivity contribution in [1.82, 2.24) is 15.5 Å². The molecule has 0 aliphatic carbocycles. The highest BCUT2D eigenvalue weighted by Crippen LogP contribution is 2.23. The molecule has 0 unspecified atom stereocenters. The van der Waals surface area contributed by atoms with Gasteiger partial charge in [-0.1, -0.05) is 20.8 Å². The van der Waals surface area contributed by atoms with E-state index in [9.17, 15) is 4.79 Å². The molecule has 0 spiro atoms. The Kier molecular flexibility index (Phi) is 4.06. The number of aromatic amines is 1. The highest BCUT2D eigenvalue weighted by atomic mass is 16.5. The summed E-state index contributed by atoms with van der Waals surface area (Å²) in [7, 11) is 1.60. The molecule has 1 aromatic heterocycles. The first kappa shape index (κ1) is 12.7. The van der Waals surface area contributed by atoms with Gasteiger partial charge in [0, 0.05) is 25.3 Å². The lowest BCUT2D eigenvalue weighted by Gasteiger charge is -2.16. The number of carbonyl (C=O) groups excluding carboxylic acids is 1. The highest BCUT2D eigenvalue weighted by Gasteiger charge is 2.24. The van der Waals surface area contributed by atoms with Gasteiger partial charge in [0.1, 0.15) is 0 Å². The predicted octanol–water partition coefficient (Wildman–Crippen LogP) is 1.08. The number of hydrogen-bond donors (Lipinski definition) is 2. The average molecular weight is 225 g/mol. The lowest BCUT2D eigenvalue weighted by Crippen LogP contribution is -2.29. The van der Waals surface area contributed by atoms with E-state index in [1.807, 2.05) is 20.8 Å². The van der Waals surface area contributed by atoms with E-state index in [1.54, 1.807) is 13.3 Å². The summed E-state index contributed by atoms with van der Waals surface area (Å²) in [5, 5.41) is 9.63. The number of hydrogen-bond acceptors (Lipinski definition) is 3. The fourth-order valence-electron chi connectivity index (χ4n) is 1.40. The number of rotatable bonds is 4. The lowest BCUT2D eigenvalue weighted by atomic mass is 9.89. The Balaban J connectivity index is 2.73. The van der Waals surface area contributed by atoms with Gasteiger partial charge in [0.05, 0.1) is 17.9 Å². The molecule has 5 nitrogen and oxygen atoms in total. The molecular weight excluding hydrogens is 206 g/mol. The SMILES string of the molecule is COCCNC(=O)c1c[nH]nc1C(C)(C)C. The van der Waals surface area contributed by atoms with Crippen LogP contribution in [0.2, 0.25) is 0 Å². The molecule has 0 aliphatic heterocycles. The number of aromatic nitrogens is 2. The van der Waals surface area contributed by atoms with Gasteiger partial charge in [-0.3, -0.25) is 9.89 Å². The maximum absolute atomic E-state index is 11.8. The Morgan fingerprint density at radius 2 is 2.25 bits per heavy atom. The second kappa shape index (κ2) is 5.12. The maximum Gasteiger partial charge on any atom is 0.254 e. The van der Waals surface area contributed by atoms with Gasteiger partial charge >= 0.3 is 0 Å². The first-order valence-corrected chi connectivity index (χ1v) is 5.28. The molecule has 0 aromatic carbocycles. The van der Waals surface area contributed by atoms with Gasteiger partial charge in [-0.2, -0.15) is 5.10 Å². The Bertz CT molecular complexity index is 352. The fraction of sp³-hybridized carbons (Fsp3) is 0.636. The highest BCUT2D eigenvalue weighted by molar-refractivity contribution is 5.95. The monoisotopic (exact) mass is 225 g/mol. The van der Waals surface area contributed by atoms with E-state index >= 15 is 0 Å². The number of amides is 1. The summed E-state index contributed by atoms with van der Waals surface area (Å²) in [6.07, 6.45) is 1.63. The van der Waals surface area contributed by atoms with Crippen molar-refractivity contribution in [3.05, 3.63) is 17.5 Å².